The molecule has 0 spiro atoms. The van der Waals surface area contributed by atoms with Gasteiger partial charge in [0.25, 0.3) is 0 Å². The molecule has 0 fully saturated rings. The van der Waals surface area contributed by atoms with Crippen LogP contribution in [0, 0.1) is 5.82 Å². The maximum Gasteiger partial charge on any atom is 0.137 e. The smallest absolute Gasteiger partial charge is 0.137 e. The highest BCUT2D eigenvalue weighted by Crippen LogP contribution is 2.31. The van der Waals surface area contributed by atoms with Gasteiger partial charge in [0, 0.05) is 6.04 Å². The molecule has 1 unspecified atom stereocenters. The number of aromatic nitrogens is 2. The first-order valence-corrected chi connectivity index (χ1v) is 7.26. The molecule has 1 heterocycles. The first-order chi connectivity index (χ1) is 9.45. The Balaban J connectivity index is 2.52. The first kappa shape index (κ1) is 15.4. The average molecular weight is 362 g/mol. The molecule has 0 saturated heterocycles. The fraction of sp³-hybridized carbons (Fsp3) is 0.308. The highest BCUT2D eigenvalue weighted by molar-refractivity contribution is 9.10. The summed E-state index contributed by atoms with van der Waals surface area (Å²) in [7, 11) is 0. The monoisotopic (exact) mass is 360 g/mol. The first-order valence-electron chi connectivity index (χ1n) is 6.09. The van der Waals surface area contributed by atoms with Crippen LogP contribution in [-0.2, 0) is 0 Å². The summed E-state index contributed by atoms with van der Waals surface area (Å²) in [5.74, 6) is 5.34. The van der Waals surface area contributed by atoms with E-state index in [0.29, 0.717) is 9.50 Å². The number of benzene rings is 1. The van der Waals surface area contributed by atoms with Crippen molar-refractivity contribution in [2.75, 3.05) is 0 Å². The van der Waals surface area contributed by atoms with E-state index in [4.69, 9.17) is 17.4 Å². The van der Waals surface area contributed by atoms with Crippen molar-refractivity contribution in [3.63, 3.8) is 0 Å². The minimum Gasteiger partial charge on any atom is -0.271 e. The lowest BCUT2D eigenvalue weighted by Gasteiger charge is -2.21. The molecule has 2 aromatic rings. The van der Waals surface area contributed by atoms with Crippen LogP contribution in [0.5, 0.6) is 0 Å². The van der Waals surface area contributed by atoms with E-state index in [0.717, 1.165) is 11.3 Å². The number of nitrogens with zero attached hydrogens (tertiary/aromatic N) is 2. The highest BCUT2D eigenvalue weighted by atomic mass is 79.9. The molecule has 0 radical (unpaired) electrons. The van der Waals surface area contributed by atoms with E-state index in [1.54, 1.807) is 23.0 Å². The van der Waals surface area contributed by atoms with Crippen molar-refractivity contribution >= 4 is 27.5 Å². The van der Waals surface area contributed by atoms with Crippen molar-refractivity contribution in [3.05, 3.63) is 51.0 Å². The van der Waals surface area contributed by atoms with Crippen molar-refractivity contribution in [2.24, 2.45) is 5.84 Å². The number of nitrogens with two attached hydrogens (primary N) is 1. The Morgan fingerprint density at radius 3 is 2.70 bits per heavy atom. The lowest BCUT2D eigenvalue weighted by molar-refractivity contribution is 0.476. The second-order valence-electron chi connectivity index (χ2n) is 4.69. The summed E-state index contributed by atoms with van der Waals surface area (Å²) in [6, 6.07) is 4.49. The maximum atomic E-state index is 13.4. The van der Waals surface area contributed by atoms with Gasteiger partial charge in [0.15, 0.2) is 0 Å². The molecular weight excluding hydrogens is 347 g/mol. The molecule has 1 aromatic carbocycles. The Kier molecular flexibility index (Phi) is 4.80. The zero-order valence-corrected chi connectivity index (χ0v) is 13.4. The van der Waals surface area contributed by atoms with Crippen LogP contribution >= 0.6 is 27.5 Å². The quantitative estimate of drug-likeness (QED) is 0.646. The minimum atomic E-state index is -0.371. The van der Waals surface area contributed by atoms with Crippen molar-refractivity contribution in [3.8, 4) is 0 Å². The van der Waals surface area contributed by atoms with Gasteiger partial charge in [-0.1, -0.05) is 17.7 Å². The van der Waals surface area contributed by atoms with Crippen LogP contribution in [0.3, 0.4) is 0 Å². The van der Waals surface area contributed by atoms with Gasteiger partial charge in [-0.3, -0.25) is 10.5 Å². The molecule has 0 bridgehead atoms. The summed E-state index contributed by atoms with van der Waals surface area (Å²) in [5.41, 5.74) is 4.26. The van der Waals surface area contributed by atoms with E-state index in [9.17, 15) is 4.39 Å². The highest BCUT2D eigenvalue weighted by Gasteiger charge is 2.23. The fourth-order valence-corrected chi connectivity index (χ4v) is 2.69. The molecule has 108 valence electrons. The molecule has 4 nitrogen and oxygen atoms in total. The average Bonchev–Trinajstić information content (AvgIpc) is 2.77. The molecule has 0 aliphatic heterocycles. The van der Waals surface area contributed by atoms with Gasteiger partial charge in [-0.05, 0) is 47.5 Å². The molecule has 1 aromatic heterocycles. The number of halogens is 3. The lowest BCUT2D eigenvalue weighted by atomic mass is 10.0. The summed E-state index contributed by atoms with van der Waals surface area (Å²) in [6.45, 7) is 4.00. The van der Waals surface area contributed by atoms with Gasteiger partial charge in [0.05, 0.1) is 27.4 Å². The second-order valence-corrected chi connectivity index (χ2v) is 5.95. The van der Waals surface area contributed by atoms with Gasteiger partial charge in [0.1, 0.15) is 5.82 Å². The fourth-order valence-electron chi connectivity index (χ4n) is 2.06. The SMILES string of the molecule is CC(C)n1ncc(Cl)c1C(NN)c1ccc(F)c(Br)c1. The lowest BCUT2D eigenvalue weighted by Crippen LogP contribution is -2.31. The standard InChI is InChI=1S/C13H15BrClFN4/c1-7(2)20-13(10(15)6-18-20)12(19-17)8-3-4-11(16)9(14)5-8/h3-7,12,19H,17H2,1-2H3. The van der Waals surface area contributed by atoms with Crippen molar-refractivity contribution < 1.29 is 4.39 Å². The normalized spacial score (nSPS) is 12.9. The summed E-state index contributed by atoms with van der Waals surface area (Å²) in [5, 5.41) is 4.77. The van der Waals surface area contributed by atoms with Crippen LogP contribution in [0.25, 0.3) is 0 Å². The van der Waals surface area contributed by atoms with E-state index in [2.05, 4.69) is 26.5 Å². The Morgan fingerprint density at radius 1 is 1.45 bits per heavy atom. The molecule has 1 atom stereocenters. The second kappa shape index (κ2) is 6.22. The Morgan fingerprint density at radius 2 is 2.15 bits per heavy atom. The van der Waals surface area contributed by atoms with Crippen molar-refractivity contribution in [1.29, 1.82) is 0 Å². The molecule has 7 heteroatoms. The molecule has 3 N–H and O–H groups in total. The van der Waals surface area contributed by atoms with E-state index in [1.165, 1.54) is 6.07 Å². The molecule has 0 aliphatic rings. The maximum absolute atomic E-state index is 13.4. The Bertz CT molecular complexity index is 614. The van der Waals surface area contributed by atoms with Gasteiger partial charge in [-0.25, -0.2) is 9.82 Å². The van der Waals surface area contributed by atoms with Crippen LogP contribution in [0.15, 0.2) is 28.9 Å². The third-order valence-electron chi connectivity index (χ3n) is 2.99. The summed E-state index contributed by atoms with van der Waals surface area (Å²) in [6.07, 6.45) is 1.58. The number of hydrogen-bond donors (Lipinski definition) is 2. The molecular formula is C13H15BrClFN4. The zero-order valence-electron chi connectivity index (χ0n) is 11.1. The van der Waals surface area contributed by atoms with E-state index in [1.807, 2.05) is 13.8 Å². The predicted molar refractivity (Wildman–Crippen MR) is 80.9 cm³/mol. The summed E-state index contributed by atoms with van der Waals surface area (Å²) >= 11 is 9.39. The van der Waals surface area contributed by atoms with Crippen LogP contribution in [0.1, 0.15) is 37.2 Å². The van der Waals surface area contributed by atoms with Crippen LogP contribution in [0.2, 0.25) is 5.02 Å². The van der Waals surface area contributed by atoms with Gasteiger partial charge in [0.2, 0.25) is 0 Å². The number of hydrogen-bond acceptors (Lipinski definition) is 3. The molecule has 0 amide bonds. The van der Waals surface area contributed by atoms with Crippen molar-refractivity contribution in [2.45, 2.75) is 25.9 Å². The van der Waals surface area contributed by atoms with Crippen LogP contribution < -0.4 is 11.3 Å². The van der Waals surface area contributed by atoms with E-state index >= 15 is 0 Å². The Hall–Kier alpha value is -0.950. The third kappa shape index (κ3) is 2.88. The van der Waals surface area contributed by atoms with Gasteiger partial charge in [-0.2, -0.15) is 5.10 Å². The van der Waals surface area contributed by atoms with E-state index < -0.39 is 0 Å². The minimum absolute atomic E-state index is 0.136. The van der Waals surface area contributed by atoms with Gasteiger partial charge in [-0.15, -0.1) is 0 Å². The largest absolute Gasteiger partial charge is 0.271 e. The van der Waals surface area contributed by atoms with E-state index in [-0.39, 0.29) is 17.9 Å². The molecule has 2 rings (SSSR count). The summed E-state index contributed by atoms with van der Waals surface area (Å²) in [4.78, 5) is 0. The third-order valence-corrected chi connectivity index (χ3v) is 3.89. The van der Waals surface area contributed by atoms with Crippen molar-refractivity contribution in [1.82, 2.24) is 15.2 Å². The number of hydrazine groups is 1. The number of rotatable bonds is 4. The topological polar surface area (TPSA) is 55.9 Å². The van der Waals surface area contributed by atoms with Gasteiger partial charge >= 0.3 is 0 Å². The van der Waals surface area contributed by atoms with Gasteiger partial charge < -0.3 is 0 Å². The predicted octanol–water partition coefficient (Wildman–Crippen LogP) is 3.57. The molecule has 0 saturated carbocycles. The van der Waals surface area contributed by atoms with Crippen LogP contribution in [0.4, 0.5) is 4.39 Å². The Labute approximate surface area is 130 Å². The molecule has 20 heavy (non-hydrogen) atoms. The number of nitrogens with one attached hydrogen (secondary N) is 1. The van der Waals surface area contributed by atoms with Crippen LogP contribution in [-0.4, -0.2) is 9.78 Å². The summed E-state index contributed by atoms with van der Waals surface area (Å²) < 4.78 is 15.5. The molecule has 0 aliphatic carbocycles. The zero-order chi connectivity index (χ0) is 14.9.